The Kier molecular flexibility index (Phi) is 3.57. The molecule has 1 heterocycles. The molecule has 0 spiro atoms. The number of hydrogen-bond donors (Lipinski definition) is 1. The predicted octanol–water partition coefficient (Wildman–Crippen LogP) is 4.72. The lowest BCUT2D eigenvalue weighted by molar-refractivity contribution is 1.44. The van der Waals surface area contributed by atoms with E-state index in [0.29, 0.717) is 27.5 Å². The van der Waals surface area contributed by atoms with Gasteiger partial charge in [0.05, 0.1) is 33.7 Å². The van der Waals surface area contributed by atoms with Crippen LogP contribution in [0.3, 0.4) is 0 Å². The quantitative estimate of drug-likeness (QED) is 0.713. The summed E-state index contributed by atoms with van der Waals surface area (Å²) in [5.74, 6) is 0. The summed E-state index contributed by atoms with van der Waals surface area (Å²) >= 11 is 10.7. The number of nitrogens with zero attached hydrogens (tertiary/aromatic N) is 3. The summed E-state index contributed by atoms with van der Waals surface area (Å²) in [6, 6.07) is 11.2. The van der Waals surface area contributed by atoms with E-state index in [1.54, 1.807) is 6.07 Å². The van der Waals surface area contributed by atoms with Gasteiger partial charge in [-0.1, -0.05) is 17.7 Å². The van der Waals surface area contributed by atoms with Gasteiger partial charge < -0.3 is 5.32 Å². The van der Waals surface area contributed by atoms with Crippen LogP contribution in [-0.4, -0.2) is 8.75 Å². The Balaban J connectivity index is 2.15. The molecule has 3 rings (SSSR count). The lowest BCUT2D eigenvalue weighted by Gasteiger charge is -2.11. The minimum atomic E-state index is 0.517. The fourth-order valence-corrected chi connectivity index (χ4v) is 3.02. The second-order valence-corrected chi connectivity index (χ2v) is 5.74. The van der Waals surface area contributed by atoms with Crippen LogP contribution in [0.4, 0.5) is 11.4 Å². The molecule has 2 aromatic carbocycles. The molecule has 0 aliphatic carbocycles. The summed E-state index contributed by atoms with van der Waals surface area (Å²) < 4.78 is 9.15. The van der Waals surface area contributed by atoms with Gasteiger partial charge in [-0.2, -0.15) is 14.0 Å². The number of fused-ring (bicyclic) bond motifs is 1. The van der Waals surface area contributed by atoms with Gasteiger partial charge in [-0.25, -0.2) is 0 Å². The lowest BCUT2D eigenvalue weighted by atomic mass is 10.2. The minimum Gasteiger partial charge on any atom is -0.351 e. The van der Waals surface area contributed by atoms with Crippen LogP contribution in [0.25, 0.3) is 11.0 Å². The SMILES string of the molecule is N#Cc1c(Br)cccc1Nc1c(Cl)ccc2nsnc12. The number of rotatable bonds is 2. The van der Waals surface area contributed by atoms with E-state index in [0.717, 1.165) is 21.7 Å². The molecule has 0 aliphatic rings. The molecule has 0 saturated heterocycles. The minimum absolute atomic E-state index is 0.517. The first-order valence-corrected chi connectivity index (χ1v) is 7.47. The maximum absolute atomic E-state index is 9.24. The monoisotopic (exact) mass is 364 g/mol. The van der Waals surface area contributed by atoms with Gasteiger partial charge in [0.2, 0.25) is 0 Å². The highest BCUT2D eigenvalue weighted by molar-refractivity contribution is 9.10. The highest BCUT2D eigenvalue weighted by Gasteiger charge is 2.13. The lowest BCUT2D eigenvalue weighted by Crippen LogP contribution is -1.96. The van der Waals surface area contributed by atoms with E-state index in [-0.39, 0.29) is 0 Å². The first-order valence-electron chi connectivity index (χ1n) is 5.57. The molecule has 0 amide bonds. The number of halogens is 2. The Hall–Kier alpha value is -1.68. The van der Waals surface area contributed by atoms with Gasteiger partial charge in [-0.15, -0.1) is 0 Å². The third-order valence-electron chi connectivity index (χ3n) is 2.76. The molecular weight excluding hydrogens is 360 g/mol. The molecular formula is C13H6BrClN4S. The average Bonchev–Trinajstić information content (AvgIpc) is 2.91. The van der Waals surface area contributed by atoms with Gasteiger partial charge in [0, 0.05) is 4.47 Å². The molecule has 4 nitrogen and oxygen atoms in total. The zero-order chi connectivity index (χ0) is 14.1. The molecule has 0 atom stereocenters. The van der Waals surface area contributed by atoms with Crippen LogP contribution in [-0.2, 0) is 0 Å². The first kappa shape index (κ1) is 13.3. The maximum Gasteiger partial charge on any atom is 0.129 e. The molecule has 20 heavy (non-hydrogen) atoms. The van der Waals surface area contributed by atoms with Crippen LogP contribution >= 0.6 is 39.3 Å². The van der Waals surface area contributed by atoms with Crippen molar-refractivity contribution in [3.05, 3.63) is 45.4 Å². The van der Waals surface area contributed by atoms with Gasteiger partial charge >= 0.3 is 0 Å². The fourth-order valence-electron chi connectivity index (χ4n) is 1.82. The average molecular weight is 366 g/mol. The van der Waals surface area contributed by atoms with Crippen molar-refractivity contribution in [2.45, 2.75) is 0 Å². The van der Waals surface area contributed by atoms with E-state index in [1.807, 2.05) is 24.3 Å². The van der Waals surface area contributed by atoms with E-state index >= 15 is 0 Å². The molecule has 0 saturated carbocycles. The van der Waals surface area contributed by atoms with Crippen LogP contribution < -0.4 is 5.32 Å². The molecule has 0 bridgehead atoms. The van der Waals surface area contributed by atoms with E-state index in [9.17, 15) is 5.26 Å². The molecule has 98 valence electrons. The van der Waals surface area contributed by atoms with Crippen LogP contribution in [0, 0.1) is 11.3 Å². The Morgan fingerprint density at radius 3 is 2.90 bits per heavy atom. The highest BCUT2D eigenvalue weighted by atomic mass is 79.9. The number of nitriles is 1. The molecule has 0 radical (unpaired) electrons. The zero-order valence-corrected chi connectivity index (χ0v) is 13.1. The largest absolute Gasteiger partial charge is 0.351 e. The van der Waals surface area contributed by atoms with E-state index in [4.69, 9.17) is 11.6 Å². The normalized spacial score (nSPS) is 10.4. The van der Waals surface area contributed by atoms with E-state index < -0.39 is 0 Å². The molecule has 1 aromatic heterocycles. The Morgan fingerprint density at radius 2 is 2.10 bits per heavy atom. The smallest absolute Gasteiger partial charge is 0.129 e. The first-order chi connectivity index (χ1) is 9.70. The third-order valence-corrected chi connectivity index (χ3v) is 4.28. The van der Waals surface area contributed by atoms with Crippen molar-refractivity contribution in [1.82, 2.24) is 8.75 Å². The van der Waals surface area contributed by atoms with Crippen LogP contribution in [0.2, 0.25) is 5.02 Å². The van der Waals surface area contributed by atoms with Crippen molar-refractivity contribution in [3.8, 4) is 6.07 Å². The van der Waals surface area contributed by atoms with Crippen molar-refractivity contribution < 1.29 is 0 Å². The van der Waals surface area contributed by atoms with Gasteiger partial charge in [-0.05, 0) is 40.2 Å². The third kappa shape index (κ3) is 2.24. The predicted molar refractivity (Wildman–Crippen MR) is 84.6 cm³/mol. The standard InChI is InChI=1S/C13H6BrClN4S/c14-8-2-1-3-10(7(8)6-16)17-12-9(15)4-5-11-13(12)19-20-18-11/h1-5,17H. The number of nitrogens with one attached hydrogen (secondary N) is 1. The van der Waals surface area contributed by atoms with Crippen molar-refractivity contribution >= 4 is 61.7 Å². The van der Waals surface area contributed by atoms with Crippen LogP contribution in [0.1, 0.15) is 5.56 Å². The number of aromatic nitrogens is 2. The van der Waals surface area contributed by atoms with Gasteiger partial charge in [0.25, 0.3) is 0 Å². The summed E-state index contributed by atoms with van der Waals surface area (Å²) in [7, 11) is 0. The Labute approximate surface area is 132 Å². The Morgan fingerprint density at radius 1 is 1.25 bits per heavy atom. The molecule has 0 fully saturated rings. The molecule has 1 N–H and O–H groups in total. The van der Waals surface area contributed by atoms with Crippen LogP contribution in [0.5, 0.6) is 0 Å². The molecule has 0 aliphatic heterocycles. The fraction of sp³-hybridized carbons (Fsp3) is 0. The second-order valence-electron chi connectivity index (χ2n) is 3.95. The Bertz CT molecular complexity index is 840. The summed E-state index contributed by atoms with van der Waals surface area (Å²) in [6.07, 6.45) is 0. The van der Waals surface area contributed by atoms with Crippen LogP contribution in [0.15, 0.2) is 34.8 Å². The van der Waals surface area contributed by atoms with Gasteiger partial charge in [0.15, 0.2) is 0 Å². The van der Waals surface area contributed by atoms with Gasteiger partial charge in [-0.3, -0.25) is 0 Å². The maximum atomic E-state index is 9.24. The summed E-state index contributed by atoms with van der Waals surface area (Å²) in [5, 5.41) is 13.0. The molecule has 7 heteroatoms. The summed E-state index contributed by atoms with van der Waals surface area (Å²) in [6.45, 7) is 0. The highest BCUT2D eigenvalue weighted by Crippen LogP contribution is 2.34. The number of benzene rings is 2. The number of anilines is 2. The summed E-state index contributed by atoms with van der Waals surface area (Å²) in [5.41, 5.74) is 3.32. The van der Waals surface area contributed by atoms with Crippen molar-refractivity contribution in [2.24, 2.45) is 0 Å². The second kappa shape index (κ2) is 5.37. The summed E-state index contributed by atoms with van der Waals surface area (Å²) in [4.78, 5) is 0. The van der Waals surface area contributed by atoms with E-state index in [1.165, 1.54) is 0 Å². The molecule has 3 aromatic rings. The zero-order valence-electron chi connectivity index (χ0n) is 9.89. The molecule has 0 unspecified atom stereocenters. The topological polar surface area (TPSA) is 61.6 Å². The van der Waals surface area contributed by atoms with Crippen molar-refractivity contribution in [1.29, 1.82) is 5.26 Å². The van der Waals surface area contributed by atoms with Gasteiger partial charge in [0.1, 0.15) is 17.1 Å². The van der Waals surface area contributed by atoms with Crippen molar-refractivity contribution in [3.63, 3.8) is 0 Å². The number of hydrogen-bond acceptors (Lipinski definition) is 5. The van der Waals surface area contributed by atoms with Crippen molar-refractivity contribution in [2.75, 3.05) is 5.32 Å². The van der Waals surface area contributed by atoms with E-state index in [2.05, 4.69) is 36.1 Å².